The molecule has 17 heavy (non-hydrogen) atoms. The Balaban J connectivity index is 2.41. The first-order valence-electron chi connectivity index (χ1n) is 5.67. The Morgan fingerprint density at radius 2 is 2.00 bits per heavy atom. The number of para-hydroxylation sites is 1. The minimum atomic E-state index is -0.0779. The molecular weight excluding hydrogens is 329 g/mol. The van der Waals surface area contributed by atoms with E-state index in [4.69, 9.17) is 4.74 Å². The number of carbonyl (C=O) groups excluding carboxylic acids is 1. The Morgan fingerprint density at radius 3 is 2.59 bits per heavy atom. The molecule has 1 N–H and O–H groups in total. The van der Waals surface area contributed by atoms with Crippen molar-refractivity contribution in [1.82, 2.24) is 5.32 Å². The second kappa shape index (κ2) is 6.83. The lowest BCUT2D eigenvalue weighted by molar-refractivity contribution is -0.124. The fourth-order valence-corrected chi connectivity index (χ4v) is 1.71. The van der Waals surface area contributed by atoms with Crippen LogP contribution in [-0.4, -0.2) is 18.6 Å². The van der Waals surface area contributed by atoms with Gasteiger partial charge in [-0.05, 0) is 47.6 Å². The van der Waals surface area contributed by atoms with E-state index in [2.05, 4.69) is 41.8 Å². The molecule has 1 aromatic carbocycles. The largest absolute Gasteiger partial charge is 0.483 e. The quantitative estimate of drug-likeness (QED) is 0.832. The third kappa shape index (κ3) is 4.93. The minimum absolute atomic E-state index is 0.0665. The van der Waals surface area contributed by atoms with Crippen LogP contribution in [0, 0.1) is 9.49 Å². The fourth-order valence-electron chi connectivity index (χ4n) is 1.17. The first-order valence-corrected chi connectivity index (χ1v) is 6.75. The van der Waals surface area contributed by atoms with E-state index in [1.807, 2.05) is 31.2 Å². The number of benzene rings is 1. The molecule has 0 saturated carbocycles. The lowest BCUT2D eigenvalue weighted by Crippen LogP contribution is -2.39. The minimum Gasteiger partial charge on any atom is -0.483 e. The van der Waals surface area contributed by atoms with Gasteiger partial charge in [0.1, 0.15) is 5.75 Å². The van der Waals surface area contributed by atoms with Gasteiger partial charge in [0.2, 0.25) is 0 Å². The summed E-state index contributed by atoms with van der Waals surface area (Å²) in [6.45, 7) is 6.21. The van der Waals surface area contributed by atoms with E-state index in [1.54, 1.807) is 0 Å². The molecule has 1 aromatic rings. The van der Waals surface area contributed by atoms with Gasteiger partial charge in [0.05, 0.1) is 3.57 Å². The van der Waals surface area contributed by atoms with Crippen LogP contribution in [0.1, 0.15) is 20.8 Å². The summed E-state index contributed by atoms with van der Waals surface area (Å²) in [5.41, 5.74) is 0. The highest BCUT2D eigenvalue weighted by molar-refractivity contribution is 14.1. The average molecular weight is 347 g/mol. The number of amides is 1. The first-order chi connectivity index (χ1) is 8.00. The molecule has 0 saturated heterocycles. The predicted molar refractivity (Wildman–Crippen MR) is 77.1 cm³/mol. The Hall–Kier alpha value is -0.780. The molecule has 0 radical (unpaired) electrons. The summed E-state index contributed by atoms with van der Waals surface area (Å²) in [6, 6.07) is 7.81. The normalized spacial score (nSPS) is 12.3. The molecule has 0 spiro atoms. The molecule has 1 amide bonds. The predicted octanol–water partition coefficient (Wildman–Crippen LogP) is 2.83. The van der Waals surface area contributed by atoms with Gasteiger partial charge in [-0.15, -0.1) is 0 Å². The topological polar surface area (TPSA) is 38.3 Å². The van der Waals surface area contributed by atoms with Crippen LogP contribution in [0.15, 0.2) is 24.3 Å². The molecule has 0 fully saturated rings. The standard InChI is InChI=1S/C13H18INO2/c1-9(2)10(3)15-13(16)8-17-12-7-5-4-6-11(12)14/h4-7,9-10H,8H2,1-3H3,(H,15,16). The maximum absolute atomic E-state index is 11.6. The second-order valence-electron chi connectivity index (χ2n) is 4.32. The van der Waals surface area contributed by atoms with Crippen molar-refractivity contribution < 1.29 is 9.53 Å². The second-order valence-corrected chi connectivity index (χ2v) is 5.48. The highest BCUT2D eigenvalue weighted by Gasteiger charge is 2.11. The summed E-state index contributed by atoms with van der Waals surface area (Å²) in [5, 5.41) is 2.90. The van der Waals surface area contributed by atoms with Crippen LogP contribution in [0.4, 0.5) is 0 Å². The van der Waals surface area contributed by atoms with Gasteiger partial charge < -0.3 is 10.1 Å². The first kappa shape index (κ1) is 14.3. The summed E-state index contributed by atoms with van der Waals surface area (Å²) in [6.07, 6.45) is 0. The lowest BCUT2D eigenvalue weighted by atomic mass is 10.1. The smallest absolute Gasteiger partial charge is 0.258 e. The van der Waals surface area contributed by atoms with Crippen LogP contribution in [0.25, 0.3) is 0 Å². The molecule has 0 bridgehead atoms. The molecule has 1 unspecified atom stereocenters. The summed E-state index contributed by atoms with van der Waals surface area (Å²) in [7, 11) is 0. The molecule has 1 atom stereocenters. The zero-order valence-corrected chi connectivity index (χ0v) is 12.5. The molecular formula is C13H18INO2. The number of ether oxygens (including phenoxy) is 1. The number of hydrogen-bond donors (Lipinski definition) is 1. The summed E-state index contributed by atoms with van der Waals surface area (Å²) in [5.74, 6) is 1.10. The van der Waals surface area contributed by atoms with Gasteiger partial charge in [0.25, 0.3) is 5.91 Å². The van der Waals surface area contributed by atoms with Crippen molar-refractivity contribution in [2.75, 3.05) is 6.61 Å². The van der Waals surface area contributed by atoms with Crippen LogP contribution in [-0.2, 0) is 4.79 Å². The van der Waals surface area contributed by atoms with Gasteiger partial charge in [-0.2, -0.15) is 0 Å². The lowest BCUT2D eigenvalue weighted by Gasteiger charge is -2.17. The van der Waals surface area contributed by atoms with E-state index < -0.39 is 0 Å². The van der Waals surface area contributed by atoms with Crippen LogP contribution >= 0.6 is 22.6 Å². The SMILES string of the molecule is CC(C)C(C)NC(=O)COc1ccccc1I. The van der Waals surface area contributed by atoms with Gasteiger partial charge in [0, 0.05) is 6.04 Å². The highest BCUT2D eigenvalue weighted by Crippen LogP contribution is 2.19. The fraction of sp³-hybridized carbons (Fsp3) is 0.462. The molecule has 0 heterocycles. The number of nitrogens with one attached hydrogen (secondary N) is 1. The molecule has 0 aliphatic rings. The van der Waals surface area contributed by atoms with Crippen LogP contribution in [0.5, 0.6) is 5.75 Å². The third-order valence-electron chi connectivity index (χ3n) is 2.58. The molecule has 0 aliphatic heterocycles. The van der Waals surface area contributed by atoms with Crippen molar-refractivity contribution in [3.05, 3.63) is 27.8 Å². The zero-order chi connectivity index (χ0) is 12.8. The van der Waals surface area contributed by atoms with Gasteiger partial charge in [-0.3, -0.25) is 4.79 Å². The van der Waals surface area contributed by atoms with E-state index in [1.165, 1.54) is 0 Å². The molecule has 94 valence electrons. The summed E-state index contributed by atoms with van der Waals surface area (Å²) >= 11 is 2.19. The van der Waals surface area contributed by atoms with Crippen LogP contribution in [0.3, 0.4) is 0 Å². The third-order valence-corrected chi connectivity index (χ3v) is 3.48. The number of carbonyl (C=O) groups is 1. The molecule has 0 aliphatic carbocycles. The number of hydrogen-bond acceptors (Lipinski definition) is 2. The average Bonchev–Trinajstić information content (AvgIpc) is 2.27. The summed E-state index contributed by atoms with van der Waals surface area (Å²) < 4.78 is 6.47. The van der Waals surface area contributed by atoms with Crippen molar-refractivity contribution in [1.29, 1.82) is 0 Å². The van der Waals surface area contributed by atoms with Crippen molar-refractivity contribution in [2.45, 2.75) is 26.8 Å². The van der Waals surface area contributed by atoms with Crippen molar-refractivity contribution in [2.24, 2.45) is 5.92 Å². The van der Waals surface area contributed by atoms with Crippen molar-refractivity contribution >= 4 is 28.5 Å². The Bertz CT molecular complexity index is 379. The number of halogens is 1. The van der Waals surface area contributed by atoms with Crippen molar-refractivity contribution in [3.8, 4) is 5.75 Å². The maximum Gasteiger partial charge on any atom is 0.258 e. The van der Waals surface area contributed by atoms with Crippen molar-refractivity contribution in [3.63, 3.8) is 0 Å². The van der Waals surface area contributed by atoms with Gasteiger partial charge in [-0.25, -0.2) is 0 Å². The Kier molecular flexibility index (Phi) is 5.74. The maximum atomic E-state index is 11.6. The van der Waals surface area contributed by atoms with E-state index in [0.29, 0.717) is 5.92 Å². The van der Waals surface area contributed by atoms with Gasteiger partial charge in [0.15, 0.2) is 6.61 Å². The van der Waals surface area contributed by atoms with E-state index >= 15 is 0 Å². The molecule has 3 nitrogen and oxygen atoms in total. The summed E-state index contributed by atoms with van der Waals surface area (Å²) in [4.78, 5) is 11.6. The zero-order valence-electron chi connectivity index (χ0n) is 10.4. The Morgan fingerprint density at radius 1 is 1.35 bits per heavy atom. The number of rotatable bonds is 5. The van der Waals surface area contributed by atoms with Crippen LogP contribution < -0.4 is 10.1 Å². The van der Waals surface area contributed by atoms with Crippen LogP contribution in [0.2, 0.25) is 0 Å². The van der Waals surface area contributed by atoms with E-state index in [-0.39, 0.29) is 18.6 Å². The monoisotopic (exact) mass is 347 g/mol. The van der Waals surface area contributed by atoms with Gasteiger partial charge >= 0.3 is 0 Å². The molecule has 1 rings (SSSR count). The van der Waals surface area contributed by atoms with E-state index in [0.717, 1.165) is 9.32 Å². The Labute approximate surface area is 116 Å². The van der Waals surface area contributed by atoms with E-state index in [9.17, 15) is 4.79 Å². The van der Waals surface area contributed by atoms with Gasteiger partial charge in [-0.1, -0.05) is 26.0 Å². The molecule has 4 heteroatoms. The molecule has 0 aromatic heterocycles. The highest BCUT2D eigenvalue weighted by atomic mass is 127.